The number of amides is 1. The number of carbonyl (C=O) groups excluding carboxylic acids is 1. The molecule has 3 rings (SSSR count). The minimum Gasteiger partial charge on any atom is -0.385 e. The first-order valence-corrected chi connectivity index (χ1v) is 9.46. The summed E-state index contributed by atoms with van der Waals surface area (Å²) in [6, 6.07) is 19.3. The van der Waals surface area contributed by atoms with Crippen molar-refractivity contribution in [2.24, 2.45) is 0 Å². The van der Waals surface area contributed by atoms with Gasteiger partial charge in [-0.05, 0) is 30.7 Å². The van der Waals surface area contributed by atoms with E-state index in [0.717, 1.165) is 41.4 Å². The minimum atomic E-state index is -0.103. The van der Waals surface area contributed by atoms with Gasteiger partial charge in [0.1, 0.15) is 5.82 Å². The van der Waals surface area contributed by atoms with Crippen LogP contribution in [0.15, 0.2) is 60.7 Å². The highest BCUT2D eigenvalue weighted by atomic mass is 16.5. The third kappa shape index (κ3) is 6.29. The van der Waals surface area contributed by atoms with Gasteiger partial charge < -0.3 is 20.7 Å². The molecule has 0 aliphatic carbocycles. The van der Waals surface area contributed by atoms with E-state index in [2.05, 4.69) is 25.9 Å². The lowest BCUT2D eigenvalue weighted by molar-refractivity contribution is -0.114. The second-order valence-corrected chi connectivity index (χ2v) is 6.48. The summed E-state index contributed by atoms with van der Waals surface area (Å²) < 4.78 is 5.10. The SMILES string of the molecule is COCCCNc1cc(-c2ccccc2)nc(Nc2ccc(NC(C)=O)cc2)n1. The van der Waals surface area contributed by atoms with Crippen molar-refractivity contribution < 1.29 is 9.53 Å². The third-order valence-corrected chi connectivity index (χ3v) is 4.09. The van der Waals surface area contributed by atoms with Crippen LogP contribution in [0.25, 0.3) is 11.3 Å². The van der Waals surface area contributed by atoms with Crippen molar-refractivity contribution in [2.45, 2.75) is 13.3 Å². The number of nitrogens with one attached hydrogen (secondary N) is 3. The number of anilines is 4. The molecule has 0 aliphatic rings. The highest BCUT2D eigenvalue weighted by molar-refractivity contribution is 5.88. The van der Waals surface area contributed by atoms with Crippen molar-refractivity contribution in [1.82, 2.24) is 9.97 Å². The first-order valence-electron chi connectivity index (χ1n) is 9.46. The van der Waals surface area contributed by atoms with Crippen LogP contribution < -0.4 is 16.0 Å². The van der Waals surface area contributed by atoms with Crippen molar-refractivity contribution in [3.8, 4) is 11.3 Å². The fourth-order valence-electron chi connectivity index (χ4n) is 2.75. The molecule has 0 radical (unpaired) electrons. The fraction of sp³-hybridized carbons (Fsp3) is 0.227. The van der Waals surface area contributed by atoms with Gasteiger partial charge in [0.05, 0.1) is 5.69 Å². The molecule has 2 aromatic carbocycles. The number of methoxy groups -OCH3 is 1. The van der Waals surface area contributed by atoms with Crippen molar-refractivity contribution in [3.63, 3.8) is 0 Å². The molecule has 7 heteroatoms. The molecule has 0 bridgehead atoms. The van der Waals surface area contributed by atoms with Gasteiger partial charge in [0, 0.05) is 50.2 Å². The van der Waals surface area contributed by atoms with E-state index in [4.69, 9.17) is 4.74 Å². The molecule has 0 aliphatic heterocycles. The Morgan fingerprint density at radius 1 is 1.00 bits per heavy atom. The maximum Gasteiger partial charge on any atom is 0.229 e. The molecule has 0 spiro atoms. The molecule has 29 heavy (non-hydrogen) atoms. The van der Waals surface area contributed by atoms with Crippen LogP contribution in [0.2, 0.25) is 0 Å². The first kappa shape index (κ1) is 20.3. The van der Waals surface area contributed by atoms with Crippen LogP contribution in [0, 0.1) is 0 Å². The average Bonchev–Trinajstić information content (AvgIpc) is 2.73. The number of benzene rings is 2. The van der Waals surface area contributed by atoms with Crippen LogP contribution >= 0.6 is 0 Å². The predicted molar refractivity (Wildman–Crippen MR) is 116 cm³/mol. The summed E-state index contributed by atoms with van der Waals surface area (Å²) in [7, 11) is 1.69. The summed E-state index contributed by atoms with van der Waals surface area (Å²) in [6.07, 6.45) is 0.883. The largest absolute Gasteiger partial charge is 0.385 e. The summed E-state index contributed by atoms with van der Waals surface area (Å²) in [6.45, 7) is 2.93. The number of hydrogen-bond donors (Lipinski definition) is 3. The predicted octanol–water partition coefficient (Wildman–Crippen LogP) is 4.29. The van der Waals surface area contributed by atoms with E-state index in [-0.39, 0.29) is 5.91 Å². The van der Waals surface area contributed by atoms with E-state index >= 15 is 0 Å². The summed E-state index contributed by atoms with van der Waals surface area (Å²) in [4.78, 5) is 20.4. The van der Waals surface area contributed by atoms with E-state index < -0.39 is 0 Å². The number of nitrogens with zero attached hydrogens (tertiary/aromatic N) is 2. The van der Waals surface area contributed by atoms with Gasteiger partial charge in [-0.1, -0.05) is 30.3 Å². The zero-order valence-electron chi connectivity index (χ0n) is 16.6. The van der Waals surface area contributed by atoms with Crippen molar-refractivity contribution in [1.29, 1.82) is 0 Å². The molecule has 0 fully saturated rings. The van der Waals surface area contributed by atoms with Crippen LogP contribution in [0.3, 0.4) is 0 Å². The molecule has 0 saturated carbocycles. The van der Waals surface area contributed by atoms with Crippen molar-refractivity contribution in [2.75, 3.05) is 36.2 Å². The van der Waals surface area contributed by atoms with E-state index in [9.17, 15) is 4.79 Å². The van der Waals surface area contributed by atoms with Gasteiger partial charge in [0.2, 0.25) is 11.9 Å². The lowest BCUT2D eigenvalue weighted by Crippen LogP contribution is -2.08. The molecule has 3 N–H and O–H groups in total. The van der Waals surface area contributed by atoms with Gasteiger partial charge in [0.15, 0.2) is 0 Å². The van der Waals surface area contributed by atoms with Gasteiger partial charge in [0.25, 0.3) is 0 Å². The highest BCUT2D eigenvalue weighted by Gasteiger charge is 2.07. The minimum absolute atomic E-state index is 0.103. The van der Waals surface area contributed by atoms with Crippen LogP contribution in [0.5, 0.6) is 0 Å². The topological polar surface area (TPSA) is 88.2 Å². The maximum atomic E-state index is 11.2. The molecule has 7 nitrogen and oxygen atoms in total. The lowest BCUT2D eigenvalue weighted by Gasteiger charge is -2.12. The quantitative estimate of drug-likeness (QED) is 0.472. The Labute approximate surface area is 170 Å². The number of carbonyl (C=O) groups is 1. The molecule has 0 atom stereocenters. The van der Waals surface area contributed by atoms with Crippen molar-refractivity contribution >= 4 is 29.0 Å². The van der Waals surface area contributed by atoms with Crippen LogP contribution in [-0.2, 0) is 9.53 Å². The standard InChI is InChI=1S/C22H25N5O2/c1-16(28)24-18-9-11-19(12-10-18)25-22-26-20(17-7-4-3-5-8-17)15-21(27-22)23-13-6-14-29-2/h3-5,7-12,15H,6,13-14H2,1-2H3,(H,24,28)(H2,23,25,26,27). The second kappa shape index (κ2) is 10.2. The zero-order valence-corrected chi connectivity index (χ0v) is 16.6. The van der Waals surface area contributed by atoms with E-state index in [1.54, 1.807) is 7.11 Å². The molecule has 0 unspecified atom stereocenters. The van der Waals surface area contributed by atoms with Crippen LogP contribution in [0.1, 0.15) is 13.3 Å². The summed E-state index contributed by atoms with van der Waals surface area (Å²) in [5, 5.41) is 9.32. The Morgan fingerprint density at radius 3 is 2.41 bits per heavy atom. The smallest absolute Gasteiger partial charge is 0.229 e. The molecular weight excluding hydrogens is 366 g/mol. The second-order valence-electron chi connectivity index (χ2n) is 6.48. The number of hydrogen-bond acceptors (Lipinski definition) is 6. The van der Waals surface area contributed by atoms with E-state index in [0.29, 0.717) is 12.6 Å². The zero-order chi connectivity index (χ0) is 20.5. The van der Waals surface area contributed by atoms with Crippen LogP contribution in [-0.4, -0.2) is 36.1 Å². The monoisotopic (exact) mass is 391 g/mol. The fourth-order valence-corrected chi connectivity index (χ4v) is 2.75. The van der Waals surface area contributed by atoms with Gasteiger partial charge >= 0.3 is 0 Å². The lowest BCUT2D eigenvalue weighted by atomic mass is 10.1. The van der Waals surface area contributed by atoms with E-state index in [1.807, 2.05) is 60.7 Å². The molecular formula is C22H25N5O2. The maximum absolute atomic E-state index is 11.2. The summed E-state index contributed by atoms with van der Waals surface area (Å²) in [5.41, 5.74) is 3.41. The molecule has 3 aromatic rings. The Morgan fingerprint density at radius 2 is 1.72 bits per heavy atom. The van der Waals surface area contributed by atoms with Gasteiger partial charge in [-0.15, -0.1) is 0 Å². The Kier molecular flexibility index (Phi) is 7.13. The van der Waals surface area contributed by atoms with E-state index in [1.165, 1.54) is 6.92 Å². The number of rotatable bonds is 9. The Hall–Kier alpha value is -3.45. The van der Waals surface area contributed by atoms with Gasteiger partial charge in [-0.2, -0.15) is 4.98 Å². The Balaban J connectivity index is 1.81. The molecule has 150 valence electrons. The first-order chi connectivity index (χ1) is 14.1. The highest BCUT2D eigenvalue weighted by Crippen LogP contribution is 2.23. The third-order valence-electron chi connectivity index (χ3n) is 4.09. The normalized spacial score (nSPS) is 10.4. The number of ether oxygens (including phenoxy) is 1. The number of aromatic nitrogens is 2. The molecule has 1 amide bonds. The molecule has 1 heterocycles. The van der Waals surface area contributed by atoms with Crippen molar-refractivity contribution in [3.05, 3.63) is 60.7 Å². The van der Waals surface area contributed by atoms with Gasteiger partial charge in [-0.25, -0.2) is 4.98 Å². The Bertz CT molecular complexity index is 930. The van der Waals surface area contributed by atoms with Gasteiger partial charge in [-0.3, -0.25) is 4.79 Å². The van der Waals surface area contributed by atoms with Crippen LogP contribution in [0.4, 0.5) is 23.1 Å². The molecule has 0 saturated heterocycles. The molecule has 1 aromatic heterocycles. The summed E-state index contributed by atoms with van der Waals surface area (Å²) in [5.74, 6) is 1.13. The average molecular weight is 391 g/mol. The summed E-state index contributed by atoms with van der Waals surface area (Å²) >= 11 is 0.